The second kappa shape index (κ2) is 7.28. The van der Waals surface area contributed by atoms with Gasteiger partial charge in [0.15, 0.2) is 0 Å². The molecule has 1 saturated heterocycles. The summed E-state index contributed by atoms with van der Waals surface area (Å²) in [5.41, 5.74) is 1.22. The van der Waals surface area contributed by atoms with Gasteiger partial charge in [-0.2, -0.15) is 0 Å². The summed E-state index contributed by atoms with van der Waals surface area (Å²) in [5, 5.41) is 9.47. The van der Waals surface area contributed by atoms with Crippen molar-refractivity contribution in [1.82, 2.24) is 4.90 Å². The molecule has 1 aromatic carbocycles. The van der Waals surface area contributed by atoms with E-state index in [1.54, 1.807) is 6.08 Å². The minimum absolute atomic E-state index is 0.0126. The van der Waals surface area contributed by atoms with E-state index in [-0.39, 0.29) is 30.1 Å². The molecular weight excluding hydrogens is 290 g/mol. The Kier molecular flexibility index (Phi) is 5.13. The molecule has 1 aliphatic heterocycles. The van der Waals surface area contributed by atoms with Crippen LogP contribution in [0.15, 0.2) is 43.0 Å². The second-order valence-corrected chi connectivity index (χ2v) is 6.56. The van der Waals surface area contributed by atoms with E-state index in [2.05, 4.69) is 18.7 Å². The summed E-state index contributed by atoms with van der Waals surface area (Å²) in [6.45, 7) is 4.97. The molecule has 23 heavy (non-hydrogen) atoms. The Morgan fingerprint density at radius 3 is 2.74 bits per heavy atom. The minimum Gasteiger partial charge on any atom is -0.393 e. The van der Waals surface area contributed by atoms with Crippen molar-refractivity contribution in [2.75, 3.05) is 13.2 Å². The highest BCUT2D eigenvalue weighted by Gasteiger charge is 2.43. The van der Waals surface area contributed by atoms with Gasteiger partial charge < -0.3 is 14.7 Å². The molecule has 2 aliphatic rings. The fourth-order valence-electron chi connectivity index (χ4n) is 3.61. The molecular formula is C19H25NO3. The van der Waals surface area contributed by atoms with Crippen LogP contribution < -0.4 is 0 Å². The summed E-state index contributed by atoms with van der Waals surface area (Å²) in [4.78, 5) is 14.7. The van der Waals surface area contributed by atoms with Crippen LogP contribution in [0.1, 0.15) is 24.8 Å². The molecule has 0 aromatic heterocycles. The molecule has 4 nitrogen and oxygen atoms in total. The van der Waals surface area contributed by atoms with Crippen LogP contribution in [0, 0.1) is 5.92 Å². The molecule has 3 rings (SSSR count). The van der Waals surface area contributed by atoms with E-state index in [1.165, 1.54) is 5.56 Å². The monoisotopic (exact) mass is 315 g/mol. The van der Waals surface area contributed by atoms with Crippen molar-refractivity contribution in [3.8, 4) is 0 Å². The highest BCUT2D eigenvalue weighted by atomic mass is 16.5. The molecule has 1 amide bonds. The van der Waals surface area contributed by atoms with Crippen molar-refractivity contribution < 1.29 is 14.6 Å². The third kappa shape index (κ3) is 3.65. The fraction of sp³-hybridized carbons (Fsp3) is 0.526. The van der Waals surface area contributed by atoms with Crippen molar-refractivity contribution >= 4 is 5.91 Å². The van der Waals surface area contributed by atoms with E-state index < -0.39 is 0 Å². The van der Waals surface area contributed by atoms with E-state index in [0.717, 1.165) is 19.4 Å². The predicted octanol–water partition coefficient (Wildman–Crippen LogP) is 2.17. The number of ether oxygens (including phenoxy) is 1. The van der Waals surface area contributed by atoms with E-state index in [4.69, 9.17) is 4.74 Å². The van der Waals surface area contributed by atoms with Crippen molar-refractivity contribution in [3.63, 3.8) is 0 Å². The smallest absolute Gasteiger partial charge is 0.226 e. The lowest BCUT2D eigenvalue weighted by Gasteiger charge is -2.36. The summed E-state index contributed by atoms with van der Waals surface area (Å²) in [6, 6.07) is 10.3. The molecule has 2 atom stereocenters. The van der Waals surface area contributed by atoms with Crippen molar-refractivity contribution in [3.05, 3.63) is 48.6 Å². The highest BCUT2D eigenvalue weighted by molar-refractivity contribution is 5.80. The standard InChI is InChI=1S/C19H25NO3/c1-2-10-23-18-8-9-20(19(22)15-12-16(21)13-15)17(18)11-14-6-4-3-5-7-14/h2-7,15-18,21H,1,8-13H2/t15?,16?,17-,18+/m0/s1. The lowest BCUT2D eigenvalue weighted by Crippen LogP contribution is -2.48. The molecule has 1 heterocycles. The van der Waals surface area contributed by atoms with Crippen LogP contribution in [0.25, 0.3) is 0 Å². The van der Waals surface area contributed by atoms with E-state index in [0.29, 0.717) is 19.4 Å². The lowest BCUT2D eigenvalue weighted by atomic mass is 9.81. The first kappa shape index (κ1) is 16.2. The quantitative estimate of drug-likeness (QED) is 0.819. The number of rotatable bonds is 6. The van der Waals surface area contributed by atoms with Gasteiger partial charge in [0.1, 0.15) is 0 Å². The minimum atomic E-state index is -0.299. The van der Waals surface area contributed by atoms with Gasteiger partial charge in [0.2, 0.25) is 5.91 Å². The van der Waals surface area contributed by atoms with Gasteiger partial charge in [-0.3, -0.25) is 4.79 Å². The van der Waals surface area contributed by atoms with Gasteiger partial charge in [0, 0.05) is 12.5 Å². The Balaban J connectivity index is 1.71. The SMILES string of the molecule is C=CCO[C@@H]1CCN(C(=O)C2CC(O)C2)[C@H]1Cc1ccccc1. The third-order valence-corrected chi connectivity index (χ3v) is 4.95. The van der Waals surface area contributed by atoms with Crippen LogP contribution in [0.3, 0.4) is 0 Å². The number of hydrogen-bond acceptors (Lipinski definition) is 3. The summed E-state index contributed by atoms with van der Waals surface area (Å²) in [7, 11) is 0. The number of aliphatic hydroxyl groups is 1. The Morgan fingerprint density at radius 1 is 1.35 bits per heavy atom. The molecule has 4 heteroatoms. The summed E-state index contributed by atoms with van der Waals surface area (Å²) in [6.07, 6.45) is 4.40. The van der Waals surface area contributed by atoms with Crippen LogP contribution in [0.5, 0.6) is 0 Å². The number of benzene rings is 1. The average Bonchev–Trinajstić information content (AvgIpc) is 2.93. The number of hydrogen-bond donors (Lipinski definition) is 1. The van der Waals surface area contributed by atoms with Crippen molar-refractivity contribution in [2.45, 2.75) is 43.9 Å². The topological polar surface area (TPSA) is 49.8 Å². The first-order valence-electron chi connectivity index (χ1n) is 8.44. The Morgan fingerprint density at radius 2 is 2.09 bits per heavy atom. The average molecular weight is 315 g/mol. The Bertz CT molecular complexity index is 539. The van der Waals surface area contributed by atoms with Gasteiger partial charge in [0.05, 0.1) is 24.9 Å². The fourth-order valence-corrected chi connectivity index (χ4v) is 3.61. The number of carbonyl (C=O) groups excluding carboxylic acids is 1. The van der Waals surface area contributed by atoms with Gasteiger partial charge in [-0.15, -0.1) is 6.58 Å². The number of amides is 1. The molecule has 1 aliphatic carbocycles. The highest BCUT2D eigenvalue weighted by Crippen LogP contribution is 2.33. The molecule has 2 fully saturated rings. The number of likely N-dealkylation sites (tertiary alicyclic amines) is 1. The van der Waals surface area contributed by atoms with Crippen LogP contribution in [-0.4, -0.2) is 47.3 Å². The molecule has 1 aromatic rings. The zero-order valence-corrected chi connectivity index (χ0v) is 13.4. The van der Waals surface area contributed by atoms with Gasteiger partial charge >= 0.3 is 0 Å². The molecule has 124 valence electrons. The number of carbonyl (C=O) groups is 1. The molecule has 0 unspecified atom stereocenters. The van der Waals surface area contributed by atoms with Gasteiger partial charge in [-0.25, -0.2) is 0 Å². The van der Waals surface area contributed by atoms with Crippen LogP contribution in [0.2, 0.25) is 0 Å². The third-order valence-electron chi connectivity index (χ3n) is 4.95. The van der Waals surface area contributed by atoms with E-state index >= 15 is 0 Å². The predicted molar refractivity (Wildman–Crippen MR) is 88.9 cm³/mol. The lowest BCUT2D eigenvalue weighted by molar-refractivity contribution is -0.144. The summed E-state index contributed by atoms with van der Waals surface area (Å²) in [5.74, 6) is 0.169. The number of aliphatic hydroxyl groups excluding tert-OH is 1. The first-order valence-corrected chi connectivity index (χ1v) is 8.44. The summed E-state index contributed by atoms with van der Waals surface area (Å²) >= 11 is 0. The van der Waals surface area contributed by atoms with Crippen LogP contribution >= 0.6 is 0 Å². The van der Waals surface area contributed by atoms with Crippen molar-refractivity contribution in [2.24, 2.45) is 5.92 Å². The molecule has 0 spiro atoms. The van der Waals surface area contributed by atoms with Gasteiger partial charge in [-0.05, 0) is 31.2 Å². The number of nitrogens with zero attached hydrogens (tertiary/aromatic N) is 1. The second-order valence-electron chi connectivity index (χ2n) is 6.56. The van der Waals surface area contributed by atoms with Gasteiger partial charge in [0.25, 0.3) is 0 Å². The molecule has 0 radical (unpaired) electrons. The zero-order chi connectivity index (χ0) is 16.2. The van der Waals surface area contributed by atoms with E-state index in [9.17, 15) is 9.90 Å². The molecule has 1 saturated carbocycles. The maximum absolute atomic E-state index is 12.7. The molecule has 1 N–H and O–H groups in total. The van der Waals surface area contributed by atoms with E-state index in [1.807, 2.05) is 23.1 Å². The summed E-state index contributed by atoms with van der Waals surface area (Å²) < 4.78 is 5.91. The van der Waals surface area contributed by atoms with Crippen LogP contribution in [-0.2, 0) is 16.0 Å². The largest absolute Gasteiger partial charge is 0.393 e. The zero-order valence-electron chi connectivity index (χ0n) is 13.4. The first-order chi connectivity index (χ1) is 11.2. The van der Waals surface area contributed by atoms with Gasteiger partial charge in [-0.1, -0.05) is 36.4 Å². The maximum Gasteiger partial charge on any atom is 0.226 e. The Labute approximate surface area is 137 Å². The molecule has 0 bridgehead atoms. The Hall–Kier alpha value is -1.65. The maximum atomic E-state index is 12.7. The normalized spacial score (nSPS) is 30.0. The van der Waals surface area contributed by atoms with Crippen LogP contribution in [0.4, 0.5) is 0 Å². The van der Waals surface area contributed by atoms with Crippen molar-refractivity contribution in [1.29, 1.82) is 0 Å².